The summed E-state index contributed by atoms with van der Waals surface area (Å²) in [7, 11) is -1.21. The lowest BCUT2D eigenvalue weighted by molar-refractivity contribution is 0.0663. The zero-order valence-corrected chi connectivity index (χ0v) is 40.3. The van der Waals surface area contributed by atoms with Crippen LogP contribution in [0, 0.1) is 25.6 Å². The molecule has 1 saturated heterocycles. The number of fused-ring (bicyclic) bond motifs is 2. The zero-order chi connectivity index (χ0) is 47.7. The van der Waals surface area contributed by atoms with Crippen LogP contribution in [0.15, 0.2) is 92.7 Å². The van der Waals surface area contributed by atoms with Crippen LogP contribution in [-0.4, -0.2) is 83.6 Å². The van der Waals surface area contributed by atoms with E-state index < -0.39 is 30.2 Å². The van der Waals surface area contributed by atoms with Gasteiger partial charge in [-0.3, -0.25) is 23.4 Å². The molecular formula is C50H58FN8O7P. The van der Waals surface area contributed by atoms with Gasteiger partial charge >= 0.3 is 11.4 Å². The quantitative estimate of drug-likeness (QED) is 0.0677. The van der Waals surface area contributed by atoms with Crippen LogP contribution in [0.2, 0.25) is 0 Å². The summed E-state index contributed by atoms with van der Waals surface area (Å²) in [6, 6.07) is 11.1. The molecule has 1 N–H and O–H groups in total. The Morgan fingerprint density at radius 1 is 1.07 bits per heavy atom. The number of H-pyrrole nitrogens is 1. The van der Waals surface area contributed by atoms with Crippen molar-refractivity contribution in [3.8, 4) is 11.5 Å². The van der Waals surface area contributed by atoms with Crippen LogP contribution in [0.4, 0.5) is 4.39 Å². The summed E-state index contributed by atoms with van der Waals surface area (Å²) in [4.78, 5) is 47.5. The Hall–Kier alpha value is -6.25. The van der Waals surface area contributed by atoms with Crippen LogP contribution < -0.4 is 11.4 Å². The van der Waals surface area contributed by atoms with Crippen LogP contribution in [0.3, 0.4) is 0 Å². The summed E-state index contributed by atoms with van der Waals surface area (Å²) >= 11 is 0. The van der Waals surface area contributed by atoms with E-state index in [9.17, 15) is 14.2 Å². The number of allylic oxidation sites excluding steroid dienone is 4. The molecule has 6 heterocycles. The third-order valence-electron chi connectivity index (χ3n) is 14.6. The van der Waals surface area contributed by atoms with E-state index in [-0.39, 0.29) is 17.6 Å². The minimum atomic E-state index is -2.72. The van der Waals surface area contributed by atoms with Crippen molar-refractivity contribution < 1.29 is 27.7 Å². The molecule has 0 bridgehead atoms. The van der Waals surface area contributed by atoms with Crippen LogP contribution in [0.1, 0.15) is 110 Å². The monoisotopic (exact) mass is 932 g/mol. The molecule has 3 aliphatic rings. The summed E-state index contributed by atoms with van der Waals surface area (Å²) < 4.78 is 52.1. The van der Waals surface area contributed by atoms with E-state index in [1.165, 1.54) is 27.9 Å². The summed E-state index contributed by atoms with van der Waals surface area (Å²) in [5, 5.41) is 10.8. The predicted molar refractivity (Wildman–Crippen MR) is 255 cm³/mol. The van der Waals surface area contributed by atoms with Gasteiger partial charge in [0.1, 0.15) is 35.8 Å². The topological polar surface area (TPSA) is 164 Å². The number of imidazole rings is 1. The third-order valence-corrected chi connectivity index (χ3v) is 18.1. The molecule has 3 unspecified atom stereocenters. The number of aromatic amines is 1. The Balaban J connectivity index is 1.19. The van der Waals surface area contributed by atoms with Gasteiger partial charge < -0.3 is 23.5 Å². The number of hydrogen-bond donors (Lipinski definition) is 1. The predicted octanol–water partition coefficient (Wildman–Crippen LogP) is 8.96. The lowest BCUT2D eigenvalue weighted by Crippen LogP contribution is -2.41. The molecule has 17 heteroatoms. The van der Waals surface area contributed by atoms with Gasteiger partial charge in [0.05, 0.1) is 30.2 Å². The first-order valence-electron chi connectivity index (χ1n) is 23.1. The maximum absolute atomic E-state index is 15.5. The zero-order valence-electron chi connectivity index (χ0n) is 39.4. The Kier molecular flexibility index (Phi) is 11.9. The summed E-state index contributed by atoms with van der Waals surface area (Å²) in [6.07, 6.45) is 10.2. The molecule has 0 radical (unpaired) electrons. The normalized spacial score (nSPS) is 20.6. The number of aryl methyl sites for hydroxylation is 2. The number of nitrogens with one attached hydrogen (secondary N) is 1. The van der Waals surface area contributed by atoms with Crippen molar-refractivity contribution in [1.82, 2.24) is 38.5 Å². The lowest BCUT2D eigenvalue weighted by Gasteiger charge is -2.34. The van der Waals surface area contributed by atoms with Crippen LogP contribution >= 0.6 is 7.14 Å². The first kappa shape index (κ1) is 45.9. The van der Waals surface area contributed by atoms with E-state index in [4.69, 9.17) is 19.1 Å². The van der Waals surface area contributed by atoms with Crippen LogP contribution in [-0.2, 0) is 26.0 Å². The van der Waals surface area contributed by atoms with Gasteiger partial charge in [-0.1, -0.05) is 38.6 Å². The smallest absolute Gasteiger partial charge is 0.438 e. The van der Waals surface area contributed by atoms with Gasteiger partial charge in [-0.2, -0.15) is 5.10 Å². The molecule has 1 saturated carbocycles. The minimum absolute atomic E-state index is 0.0102. The molecule has 6 aromatic rings. The maximum Gasteiger partial charge on any atom is 0.438 e. The number of halogens is 1. The van der Waals surface area contributed by atoms with Crippen LogP contribution in [0.25, 0.3) is 28.1 Å². The Morgan fingerprint density at radius 2 is 1.78 bits per heavy atom. The van der Waals surface area contributed by atoms with Gasteiger partial charge in [-0.15, -0.1) is 0 Å². The second kappa shape index (κ2) is 17.4. The van der Waals surface area contributed by atoms with Gasteiger partial charge in [0.2, 0.25) is 0 Å². The number of methoxy groups -OCH3 is 1. The summed E-state index contributed by atoms with van der Waals surface area (Å²) in [6.45, 7) is 18.7. The highest BCUT2D eigenvalue weighted by Gasteiger charge is 2.59. The standard InChI is InChI=1S/C50H58FN8O7P/c1-10-37(27-42(64-9)33(8)67(63,11-2)12-3)56-19-20-57(49(56)62)45-43-32(7)55(18-15-39(43)53-59(45)38-23-29(4)44(51)30(5)24-38)46(60)41-26-36-25-35(34-16-21-65-22-17-34)13-14-40(36)58(41)50(28-31(50)6)47-52-48(61)66-54-47/h10,13-14,19-20,23-27,31-32,34H,1,11-12,15-18,21-22,28H2,2-9H3,(H,52,54,61)/b37-27+,42-33-. The Labute approximate surface area is 387 Å². The number of carbonyl (C=O) groups excluding carboxylic acids is 1. The van der Waals surface area contributed by atoms with E-state index in [2.05, 4.69) is 41.8 Å². The highest BCUT2D eigenvalue weighted by atomic mass is 31.2. The number of amides is 1. The van der Waals surface area contributed by atoms with E-state index >= 15 is 9.18 Å². The second-order valence-electron chi connectivity index (χ2n) is 18.2. The van der Waals surface area contributed by atoms with Crippen molar-refractivity contribution in [1.29, 1.82) is 0 Å². The van der Waals surface area contributed by atoms with Gasteiger partial charge in [0, 0.05) is 78.8 Å². The molecule has 4 aromatic heterocycles. The van der Waals surface area contributed by atoms with E-state index in [0.29, 0.717) is 113 Å². The molecule has 2 aromatic carbocycles. The van der Waals surface area contributed by atoms with Gasteiger partial charge in [-0.25, -0.2) is 18.7 Å². The molecule has 2 fully saturated rings. The average molecular weight is 933 g/mol. The van der Waals surface area contributed by atoms with E-state index in [0.717, 1.165) is 23.7 Å². The first-order chi connectivity index (χ1) is 32.1. The summed E-state index contributed by atoms with van der Waals surface area (Å²) in [5.74, 6) is 0.226. The minimum Gasteiger partial charge on any atom is -0.496 e. The molecule has 1 amide bonds. The van der Waals surface area contributed by atoms with Gasteiger partial charge in [0.25, 0.3) is 5.91 Å². The number of hydrogen-bond acceptors (Lipinski definition) is 9. The largest absolute Gasteiger partial charge is 0.496 e. The summed E-state index contributed by atoms with van der Waals surface area (Å²) in [5.41, 5.74) is 4.25. The fourth-order valence-corrected chi connectivity index (χ4v) is 12.5. The number of aromatic nitrogens is 7. The maximum atomic E-state index is 15.5. The number of carbonyl (C=O) groups is 1. The highest BCUT2D eigenvalue weighted by Crippen LogP contribution is 2.56. The molecular weight excluding hydrogens is 875 g/mol. The van der Waals surface area contributed by atoms with Crippen molar-refractivity contribution in [2.24, 2.45) is 5.92 Å². The van der Waals surface area contributed by atoms with Crippen molar-refractivity contribution in [2.45, 2.75) is 91.6 Å². The van der Waals surface area contributed by atoms with Crippen LogP contribution in [0.5, 0.6) is 0 Å². The molecule has 3 atom stereocenters. The average Bonchev–Trinajstić information content (AvgIpc) is 3.83. The van der Waals surface area contributed by atoms with Crippen molar-refractivity contribution in [2.75, 3.05) is 39.2 Å². The second-order valence-corrected chi connectivity index (χ2v) is 21.9. The van der Waals surface area contributed by atoms with E-state index in [1.54, 1.807) is 56.1 Å². The van der Waals surface area contributed by atoms with E-state index in [1.807, 2.05) is 36.3 Å². The molecule has 15 nitrogen and oxygen atoms in total. The number of benzene rings is 2. The molecule has 352 valence electrons. The Bertz CT molecular complexity index is 3160. The molecule has 9 rings (SSSR count). The third kappa shape index (κ3) is 7.52. The number of rotatable bonds is 13. The number of ether oxygens (including phenoxy) is 2. The molecule has 2 aliphatic heterocycles. The highest BCUT2D eigenvalue weighted by molar-refractivity contribution is 7.68. The lowest BCUT2D eigenvalue weighted by atomic mass is 9.91. The fraction of sp³-hybridized carbons (Fsp3) is 0.420. The molecule has 1 aliphatic carbocycles. The number of nitrogens with zero attached hydrogens (tertiary/aromatic N) is 7. The SMILES string of the molecule is C=C/C(=C\C(OC)=C(/C)P(=O)(CC)CC)n1ccn(-c2c3c(nn2-c2cc(C)c(F)c(C)c2)CCN(C(=O)c2cc4cc(C5CCOCC5)ccc4n2C2(c4noc(=O)[nH]4)CC2C)C3C)c1=O. The van der Waals surface area contributed by atoms with Gasteiger partial charge in [0.15, 0.2) is 5.82 Å². The van der Waals surface area contributed by atoms with Crippen molar-refractivity contribution >= 4 is 29.6 Å². The first-order valence-corrected chi connectivity index (χ1v) is 25.2. The van der Waals surface area contributed by atoms with Crippen molar-refractivity contribution in [3.05, 3.63) is 145 Å². The Morgan fingerprint density at radius 3 is 2.39 bits per heavy atom. The fourth-order valence-electron chi connectivity index (χ4n) is 10.5. The van der Waals surface area contributed by atoms with Crippen molar-refractivity contribution in [3.63, 3.8) is 0 Å². The van der Waals surface area contributed by atoms with Gasteiger partial charge in [-0.05, 0) is 112 Å². The molecule has 67 heavy (non-hydrogen) atoms. The molecule has 0 spiro atoms.